The van der Waals surface area contributed by atoms with Crippen LogP contribution in [0.1, 0.15) is 20.3 Å². The predicted molar refractivity (Wildman–Crippen MR) is 43.0 cm³/mol. The molecule has 0 aliphatic rings. The normalized spacial score (nSPS) is 13.1. The van der Waals surface area contributed by atoms with E-state index in [1.54, 1.807) is 13.8 Å². The molecule has 0 atom stereocenters. The van der Waals surface area contributed by atoms with Crippen LogP contribution in [-0.2, 0) is 0 Å². The second-order valence-corrected chi connectivity index (χ2v) is 3.84. The van der Waals surface area contributed by atoms with Crippen molar-refractivity contribution < 1.29 is 8.78 Å². The smallest absolute Gasteiger partial charge is 0.243 e. The fourth-order valence-electron chi connectivity index (χ4n) is 0.621. The molecule has 11 heavy (non-hydrogen) atoms. The van der Waals surface area contributed by atoms with Gasteiger partial charge in [0.15, 0.2) is 0 Å². The Kier molecular flexibility index (Phi) is 3.93. The van der Waals surface area contributed by atoms with Crippen LogP contribution in [0.4, 0.5) is 8.78 Å². The summed E-state index contributed by atoms with van der Waals surface area (Å²) in [5.41, 5.74) is -0.843. The van der Waals surface area contributed by atoms with Gasteiger partial charge < -0.3 is 4.90 Å². The van der Waals surface area contributed by atoms with Crippen LogP contribution in [0, 0.1) is 5.41 Å². The second-order valence-electron chi connectivity index (χ2n) is 3.84. The molecule has 0 unspecified atom stereocenters. The molecule has 0 aromatic heterocycles. The molecule has 0 saturated heterocycles. The SMILES string of the molecule is CN(C)CCC(C)(C)C(F)F. The van der Waals surface area contributed by atoms with Gasteiger partial charge in [-0.05, 0) is 27.1 Å². The van der Waals surface area contributed by atoms with E-state index in [4.69, 9.17) is 0 Å². The van der Waals surface area contributed by atoms with Crippen molar-refractivity contribution >= 4 is 0 Å². The van der Waals surface area contributed by atoms with E-state index in [0.717, 1.165) is 6.54 Å². The van der Waals surface area contributed by atoms with Gasteiger partial charge in [-0.15, -0.1) is 0 Å². The van der Waals surface area contributed by atoms with Crippen molar-refractivity contribution in [3.05, 3.63) is 0 Å². The lowest BCUT2D eigenvalue weighted by Crippen LogP contribution is -2.27. The molecular formula is C8H17F2N. The summed E-state index contributed by atoms with van der Waals surface area (Å²) in [6.07, 6.45) is -1.68. The zero-order valence-corrected chi connectivity index (χ0v) is 7.69. The molecule has 0 aromatic carbocycles. The highest BCUT2D eigenvalue weighted by Crippen LogP contribution is 2.28. The Morgan fingerprint density at radius 2 is 1.73 bits per heavy atom. The zero-order valence-electron chi connectivity index (χ0n) is 7.69. The van der Waals surface area contributed by atoms with Gasteiger partial charge in [-0.3, -0.25) is 0 Å². The largest absolute Gasteiger partial charge is 0.309 e. The lowest BCUT2D eigenvalue weighted by molar-refractivity contribution is 0.0102. The van der Waals surface area contributed by atoms with E-state index in [-0.39, 0.29) is 0 Å². The van der Waals surface area contributed by atoms with Crippen molar-refractivity contribution in [3.63, 3.8) is 0 Å². The number of halogens is 2. The van der Waals surface area contributed by atoms with E-state index in [2.05, 4.69) is 0 Å². The average Bonchev–Trinajstić information content (AvgIpc) is 1.84. The Bertz CT molecular complexity index is 111. The number of rotatable bonds is 4. The minimum Gasteiger partial charge on any atom is -0.309 e. The third kappa shape index (κ3) is 4.30. The van der Waals surface area contributed by atoms with Gasteiger partial charge in [-0.1, -0.05) is 13.8 Å². The van der Waals surface area contributed by atoms with Gasteiger partial charge in [-0.25, -0.2) is 8.78 Å². The number of alkyl halides is 2. The minimum atomic E-state index is -2.22. The Labute approximate surface area is 67.4 Å². The van der Waals surface area contributed by atoms with E-state index in [1.807, 2.05) is 19.0 Å². The van der Waals surface area contributed by atoms with Crippen molar-refractivity contribution in [2.75, 3.05) is 20.6 Å². The van der Waals surface area contributed by atoms with Crippen LogP contribution in [0.25, 0.3) is 0 Å². The first-order valence-corrected chi connectivity index (χ1v) is 3.79. The molecule has 0 amide bonds. The minimum absolute atomic E-state index is 0.539. The highest BCUT2D eigenvalue weighted by Gasteiger charge is 2.28. The fraction of sp³-hybridized carbons (Fsp3) is 1.00. The molecule has 3 heteroatoms. The summed E-state index contributed by atoms with van der Waals surface area (Å²) in [5.74, 6) is 0. The number of nitrogens with zero attached hydrogens (tertiary/aromatic N) is 1. The lowest BCUT2D eigenvalue weighted by atomic mass is 9.90. The molecule has 0 bridgehead atoms. The molecule has 0 fully saturated rings. The van der Waals surface area contributed by atoms with Crippen LogP contribution in [0.3, 0.4) is 0 Å². The topological polar surface area (TPSA) is 3.24 Å². The molecule has 0 aromatic rings. The monoisotopic (exact) mass is 165 g/mol. The molecule has 0 aliphatic heterocycles. The molecule has 0 N–H and O–H groups in total. The van der Waals surface area contributed by atoms with Gasteiger partial charge in [0, 0.05) is 5.41 Å². The van der Waals surface area contributed by atoms with Gasteiger partial charge in [0.25, 0.3) is 0 Å². The van der Waals surface area contributed by atoms with Gasteiger partial charge in [0.2, 0.25) is 6.43 Å². The first-order valence-electron chi connectivity index (χ1n) is 3.79. The van der Waals surface area contributed by atoms with Crippen LogP contribution in [0.5, 0.6) is 0 Å². The summed E-state index contributed by atoms with van der Waals surface area (Å²) >= 11 is 0. The quantitative estimate of drug-likeness (QED) is 0.617. The van der Waals surface area contributed by atoms with Gasteiger partial charge in [0.05, 0.1) is 0 Å². The molecule has 1 nitrogen and oxygen atoms in total. The molecule has 0 heterocycles. The first-order chi connectivity index (χ1) is 4.86. The van der Waals surface area contributed by atoms with Gasteiger partial charge in [-0.2, -0.15) is 0 Å². The van der Waals surface area contributed by atoms with E-state index in [9.17, 15) is 8.78 Å². The highest BCUT2D eigenvalue weighted by molar-refractivity contribution is 4.71. The lowest BCUT2D eigenvalue weighted by Gasteiger charge is -2.24. The summed E-state index contributed by atoms with van der Waals surface area (Å²) in [4.78, 5) is 1.92. The van der Waals surface area contributed by atoms with Crippen molar-refractivity contribution in [1.29, 1.82) is 0 Å². The van der Waals surface area contributed by atoms with Crippen molar-refractivity contribution in [2.45, 2.75) is 26.7 Å². The molecule has 0 saturated carbocycles. The summed E-state index contributed by atoms with van der Waals surface area (Å²) in [6, 6.07) is 0. The third-order valence-corrected chi connectivity index (χ3v) is 1.79. The van der Waals surface area contributed by atoms with E-state index in [1.165, 1.54) is 0 Å². The molecule has 0 spiro atoms. The summed E-state index contributed by atoms with van der Waals surface area (Å²) in [6.45, 7) is 3.92. The zero-order chi connectivity index (χ0) is 9.07. The van der Waals surface area contributed by atoms with E-state index >= 15 is 0 Å². The maximum Gasteiger partial charge on any atom is 0.243 e. The second kappa shape index (κ2) is 4.00. The van der Waals surface area contributed by atoms with Crippen molar-refractivity contribution in [1.82, 2.24) is 4.90 Å². The van der Waals surface area contributed by atoms with Crippen molar-refractivity contribution in [2.24, 2.45) is 5.41 Å². The molecular weight excluding hydrogens is 148 g/mol. The van der Waals surface area contributed by atoms with Crippen LogP contribution >= 0.6 is 0 Å². The number of hydrogen-bond donors (Lipinski definition) is 0. The molecule has 0 radical (unpaired) electrons. The van der Waals surface area contributed by atoms with Gasteiger partial charge >= 0.3 is 0 Å². The Hall–Kier alpha value is -0.180. The highest BCUT2D eigenvalue weighted by atomic mass is 19.3. The summed E-state index contributed by atoms with van der Waals surface area (Å²) < 4.78 is 24.5. The predicted octanol–water partition coefficient (Wildman–Crippen LogP) is 2.23. The first kappa shape index (κ1) is 10.8. The third-order valence-electron chi connectivity index (χ3n) is 1.79. The van der Waals surface area contributed by atoms with Crippen LogP contribution in [0.15, 0.2) is 0 Å². The summed E-state index contributed by atoms with van der Waals surface area (Å²) in [7, 11) is 3.78. The molecule has 0 aliphatic carbocycles. The average molecular weight is 165 g/mol. The standard InChI is InChI=1S/C8H17F2N/c1-8(2,7(9)10)5-6-11(3)4/h7H,5-6H2,1-4H3. The van der Waals surface area contributed by atoms with Crippen LogP contribution < -0.4 is 0 Å². The van der Waals surface area contributed by atoms with E-state index < -0.39 is 11.8 Å². The fourth-order valence-corrected chi connectivity index (χ4v) is 0.621. The van der Waals surface area contributed by atoms with Crippen molar-refractivity contribution in [3.8, 4) is 0 Å². The van der Waals surface area contributed by atoms with Gasteiger partial charge in [0.1, 0.15) is 0 Å². The van der Waals surface area contributed by atoms with E-state index in [0.29, 0.717) is 6.42 Å². The maximum absolute atomic E-state index is 12.2. The Balaban J connectivity index is 3.73. The number of hydrogen-bond acceptors (Lipinski definition) is 1. The molecule has 0 rings (SSSR count). The van der Waals surface area contributed by atoms with Crippen LogP contribution in [-0.4, -0.2) is 32.0 Å². The summed E-state index contributed by atoms with van der Waals surface area (Å²) in [5, 5.41) is 0. The van der Waals surface area contributed by atoms with Crippen LogP contribution in [0.2, 0.25) is 0 Å². The Morgan fingerprint density at radius 1 is 1.27 bits per heavy atom. The Morgan fingerprint density at radius 3 is 2.00 bits per heavy atom. The molecule has 68 valence electrons. The maximum atomic E-state index is 12.2.